The van der Waals surface area contributed by atoms with E-state index >= 15 is 0 Å². The summed E-state index contributed by atoms with van der Waals surface area (Å²) in [6, 6.07) is 0. The van der Waals surface area contributed by atoms with E-state index < -0.39 is 0 Å². The highest BCUT2D eigenvalue weighted by atomic mass is 15.3. The Bertz CT molecular complexity index is 75.0. The number of nitrogens with two attached hydrogens (primary N) is 1. The number of hydrazone groups is 1. The fourth-order valence-electron chi connectivity index (χ4n) is 0.130. The van der Waals surface area contributed by atoms with Crippen LogP contribution in [0.1, 0.15) is 0 Å². The van der Waals surface area contributed by atoms with E-state index in [0.717, 1.165) is 0 Å². The molecule has 0 aliphatic rings. The molecule has 0 rings (SSSR count). The Morgan fingerprint density at radius 2 is 2.43 bits per heavy atom. The van der Waals surface area contributed by atoms with Crippen LogP contribution in [0.2, 0.25) is 0 Å². The summed E-state index contributed by atoms with van der Waals surface area (Å²) in [7, 11) is 1.68. The zero-order chi connectivity index (χ0) is 5.54. The standard InChI is InChI=1S/C3H8N4/c1-5-7-3-6-2-4/h2-3,5H,1H3,(H2,4,6,7). The lowest BCUT2D eigenvalue weighted by Gasteiger charge is -1.77. The minimum absolute atomic E-state index is 1.17. The zero-order valence-corrected chi connectivity index (χ0v) is 4.13. The third-order valence-electron chi connectivity index (χ3n) is 0.340. The highest BCUT2D eigenvalue weighted by molar-refractivity contribution is 5.69. The van der Waals surface area contributed by atoms with E-state index in [1.807, 2.05) is 0 Å². The van der Waals surface area contributed by atoms with Crippen molar-refractivity contribution >= 4 is 12.7 Å². The summed E-state index contributed by atoms with van der Waals surface area (Å²) in [4.78, 5) is 3.46. The van der Waals surface area contributed by atoms with Gasteiger partial charge >= 0.3 is 0 Å². The van der Waals surface area contributed by atoms with E-state index in [1.54, 1.807) is 7.05 Å². The van der Waals surface area contributed by atoms with Gasteiger partial charge in [-0.1, -0.05) is 0 Å². The lowest BCUT2D eigenvalue weighted by Crippen LogP contribution is -1.94. The Morgan fingerprint density at radius 1 is 1.71 bits per heavy atom. The van der Waals surface area contributed by atoms with Gasteiger partial charge in [-0.05, 0) is 0 Å². The second-order valence-corrected chi connectivity index (χ2v) is 0.766. The topological polar surface area (TPSA) is 62.8 Å². The molecule has 0 saturated carbocycles. The zero-order valence-electron chi connectivity index (χ0n) is 4.13. The number of rotatable bonds is 2. The average Bonchev–Trinajstić information content (AvgIpc) is 1.69. The van der Waals surface area contributed by atoms with Crippen LogP contribution in [0.4, 0.5) is 0 Å². The van der Waals surface area contributed by atoms with Gasteiger partial charge in [0, 0.05) is 7.05 Å². The van der Waals surface area contributed by atoms with E-state index in [1.165, 1.54) is 12.7 Å². The van der Waals surface area contributed by atoms with Crippen molar-refractivity contribution in [3.05, 3.63) is 0 Å². The molecule has 4 nitrogen and oxygen atoms in total. The molecular formula is C3H8N4. The van der Waals surface area contributed by atoms with Crippen molar-refractivity contribution in [2.24, 2.45) is 15.8 Å². The van der Waals surface area contributed by atoms with Gasteiger partial charge in [-0.3, -0.25) is 0 Å². The monoisotopic (exact) mass is 100 g/mol. The molecule has 0 aromatic heterocycles. The predicted molar refractivity (Wildman–Crippen MR) is 30.2 cm³/mol. The van der Waals surface area contributed by atoms with Crippen LogP contribution >= 0.6 is 0 Å². The first-order valence-electron chi connectivity index (χ1n) is 1.83. The number of aliphatic imine (C=N–C) groups is 1. The molecule has 0 unspecified atom stereocenters. The summed E-state index contributed by atoms with van der Waals surface area (Å²) < 4.78 is 0. The van der Waals surface area contributed by atoms with Crippen molar-refractivity contribution in [2.45, 2.75) is 0 Å². The Kier molecular flexibility index (Phi) is 4.19. The normalized spacial score (nSPS) is 11.0. The molecule has 0 aliphatic heterocycles. The average molecular weight is 100 g/mol. The van der Waals surface area contributed by atoms with Gasteiger partial charge in [0.1, 0.15) is 6.34 Å². The van der Waals surface area contributed by atoms with Crippen LogP contribution < -0.4 is 11.2 Å². The van der Waals surface area contributed by atoms with Gasteiger partial charge in [0.15, 0.2) is 0 Å². The van der Waals surface area contributed by atoms with Gasteiger partial charge < -0.3 is 11.2 Å². The molecule has 40 valence electrons. The fourth-order valence-corrected chi connectivity index (χ4v) is 0.130. The first kappa shape index (κ1) is 5.94. The van der Waals surface area contributed by atoms with Crippen molar-refractivity contribution in [2.75, 3.05) is 7.05 Å². The highest BCUT2D eigenvalue weighted by Crippen LogP contribution is 1.50. The van der Waals surface area contributed by atoms with E-state index in [2.05, 4.69) is 15.5 Å². The van der Waals surface area contributed by atoms with E-state index in [0.29, 0.717) is 0 Å². The maximum absolute atomic E-state index is 4.86. The van der Waals surface area contributed by atoms with Crippen LogP contribution in [0.15, 0.2) is 10.1 Å². The van der Waals surface area contributed by atoms with Gasteiger partial charge in [-0.2, -0.15) is 5.10 Å². The molecule has 0 heterocycles. The van der Waals surface area contributed by atoms with Crippen molar-refractivity contribution in [1.29, 1.82) is 0 Å². The van der Waals surface area contributed by atoms with Crippen molar-refractivity contribution in [1.82, 2.24) is 5.43 Å². The fraction of sp³-hybridized carbons (Fsp3) is 0.333. The Hall–Kier alpha value is -1.06. The van der Waals surface area contributed by atoms with E-state index in [4.69, 9.17) is 5.73 Å². The summed E-state index contributed by atoms with van der Waals surface area (Å²) in [5.41, 5.74) is 7.36. The van der Waals surface area contributed by atoms with Crippen molar-refractivity contribution in [3.8, 4) is 0 Å². The second-order valence-electron chi connectivity index (χ2n) is 0.766. The van der Waals surface area contributed by atoms with Gasteiger partial charge in [-0.25, -0.2) is 4.99 Å². The maximum Gasteiger partial charge on any atom is 0.136 e. The summed E-state index contributed by atoms with van der Waals surface area (Å²) >= 11 is 0. The Labute approximate surface area is 42.1 Å². The SMILES string of the molecule is CN/N=C\N=C\N. The first-order chi connectivity index (χ1) is 3.41. The summed E-state index contributed by atoms with van der Waals surface area (Å²) in [6.45, 7) is 0. The van der Waals surface area contributed by atoms with Crippen LogP contribution in [-0.4, -0.2) is 19.7 Å². The molecule has 3 N–H and O–H groups in total. The maximum atomic E-state index is 4.86. The van der Waals surface area contributed by atoms with Crippen LogP contribution in [0, 0.1) is 0 Å². The molecule has 0 aromatic rings. The molecule has 0 amide bonds. The van der Waals surface area contributed by atoms with Crippen LogP contribution in [0.5, 0.6) is 0 Å². The van der Waals surface area contributed by atoms with Gasteiger partial charge in [0.25, 0.3) is 0 Å². The number of nitrogens with zero attached hydrogens (tertiary/aromatic N) is 2. The minimum atomic E-state index is 1.17. The molecule has 0 aliphatic carbocycles. The van der Waals surface area contributed by atoms with Crippen LogP contribution in [-0.2, 0) is 0 Å². The summed E-state index contributed by atoms with van der Waals surface area (Å²) in [5, 5.41) is 3.51. The molecule has 0 saturated heterocycles. The predicted octanol–water partition coefficient (Wildman–Crippen LogP) is -0.864. The lowest BCUT2D eigenvalue weighted by molar-refractivity contribution is 0.905. The molecule has 0 atom stereocenters. The highest BCUT2D eigenvalue weighted by Gasteiger charge is 1.54. The lowest BCUT2D eigenvalue weighted by atomic mass is 11.2. The molecule has 0 bridgehead atoms. The van der Waals surface area contributed by atoms with Crippen molar-refractivity contribution < 1.29 is 0 Å². The quantitative estimate of drug-likeness (QED) is 0.269. The molecule has 0 fully saturated rings. The summed E-state index contributed by atoms with van der Waals surface area (Å²) in [6.07, 6.45) is 2.49. The second kappa shape index (κ2) is 4.94. The molecule has 0 spiro atoms. The molecule has 4 heteroatoms. The van der Waals surface area contributed by atoms with Gasteiger partial charge in [0.2, 0.25) is 0 Å². The number of hydrogen-bond donors (Lipinski definition) is 2. The van der Waals surface area contributed by atoms with Crippen LogP contribution in [0.3, 0.4) is 0 Å². The third kappa shape index (κ3) is 4.94. The molecule has 0 radical (unpaired) electrons. The Morgan fingerprint density at radius 3 is 2.86 bits per heavy atom. The van der Waals surface area contributed by atoms with Crippen LogP contribution in [0.25, 0.3) is 0 Å². The number of hydrogen-bond acceptors (Lipinski definition) is 2. The number of nitrogens with one attached hydrogen (secondary N) is 1. The van der Waals surface area contributed by atoms with Crippen molar-refractivity contribution in [3.63, 3.8) is 0 Å². The van der Waals surface area contributed by atoms with Gasteiger partial charge in [0.05, 0.1) is 6.34 Å². The first-order valence-corrected chi connectivity index (χ1v) is 1.83. The smallest absolute Gasteiger partial charge is 0.136 e. The molecule has 0 aromatic carbocycles. The van der Waals surface area contributed by atoms with E-state index in [9.17, 15) is 0 Å². The Balaban J connectivity index is 3.09. The largest absolute Gasteiger partial charge is 0.390 e. The summed E-state index contributed by atoms with van der Waals surface area (Å²) in [5.74, 6) is 0. The van der Waals surface area contributed by atoms with Gasteiger partial charge in [-0.15, -0.1) is 0 Å². The minimum Gasteiger partial charge on any atom is -0.390 e. The molecular weight excluding hydrogens is 92.1 g/mol. The third-order valence-corrected chi connectivity index (χ3v) is 0.340. The van der Waals surface area contributed by atoms with E-state index in [-0.39, 0.29) is 0 Å². The molecule has 7 heavy (non-hydrogen) atoms.